The molecule has 2 heteroatoms. The molecule has 0 aliphatic heterocycles. The van der Waals surface area contributed by atoms with E-state index in [4.69, 9.17) is 10.5 Å². The van der Waals surface area contributed by atoms with Crippen LogP contribution in [0.3, 0.4) is 0 Å². The van der Waals surface area contributed by atoms with Gasteiger partial charge in [0.2, 0.25) is 0 Å². The largest absolute Gasteiger partial charge is 0.490 e. The SMILES string of the molecule is NC(c1cccc(OC2CC2)c1)C1C2CCCCC21. The molecule has 3 aliphatic carbocycles. The summed E-state index contributed by atoms with van der Waals surface area (Å²) in [7, 11) is 0. The van der Waals surface area contributed by atoms with Gasteiger partial charge in [0.25, 0.3) is 0 Å². The highest BCUT2D eigenvalue weighted by molar-refractivity contribution is 5.32. The summed E-state index contributed by atoms with van der Waals surface area (Å²) in [4.78, 5) is 0. The average Bonchev–Trinajstić information content (AvgIpc) is 3.33. The Kier molecular flexibility index (Phi) is 2.80. The van der Waals surface area contributed by atoms with Gasteiger partial charge in [0.1, 0.15) is 5.75 Å². The van der Waals surface area contributed by atoms with Gasteiger partial charge in [0, 0.05) is 6.04 Å². The minimum atomic E-state index is 0.218. The third kappa shape index (κ3) is 2.27. The van der Waals surface area contributed by atoms with E-state index < -0.39 is 0 Å². The van der Waals surface area contributed by atoms with E-state index in [1.807, 2.05) is 0 Å². The zero-order valence-electron chi connectivity index (χ0n) is 11.4. The predicted molar refractivity (Wildman–Crippen MR) is 76.0 cm³/mol. The van der Waals surface area contributed by atoms with Gasteiger partial charge in [-0.2, -0.15) is 0 Å². The fourth-order valence-electron chi connectivity index (χ4n) is 3.98. The van der Waals surface area contributed by atoms with E-state index in [-0.39, 0.29) is 6.04 Å². The van der Waals surface area contributed by atoms with E-state index in [0.29, 0.717) is 6.10 Å². The summed E-state index contributed by atoms with van der Waals surface area (Å²) in [5.41, 5.74) is 7.80. The molecular formula is C17H23NO. The van der Waals surface area contributed by atoms with E-state index in [0.717, 1.165) is 23.5 Å². The molecule has 0 heterocycles. The Bertz CT molecular complexity index is 456. The first-order valence-corrected chi connectivity index (χ1v) is 7.85. The third-order valence-electron chi connectivity index (χ3n) is 5.21. The van der Waals surface area contributed by atoms with Crippen LogP contribution in [0.4, 0.5) is 0 Å². The molecular weight excluding hydrogens is 234 g/mol. The van der Waals surface area contributed by atoms with Crippen molar-refractivity contribution in [2.45, 2.75) is 50.7 Å². The second-order valence-electron chi connectivity index (χ2n) is 6.60. The molecule has 1 aromatic rings. The Morgan fingerprint density at radius 3 is 2.47 bits per heavy atom. The second kappa shape index (κ2) is 4.52. The van der Waals surface area contributed by atoms with Crippen LogP contribution in [0.25, 0.3) is 0 Å². The third-order valence-corrected chi connectivity index (χ3v) is 5.21. The van der Waals surface area contributed by atoms with E-state index >= 15 is 0 Å². The molecule has 19 heavy (non-hydrogen) atoms. The highest BCUT2D eigenvalue weighted by Crippen LogP contribution is 2.59. The summed E-state index contributed by atoms with van der Waals surface area (Å²) >= 11 is 0. The first-order chi connectivity index (χ1) is 9.33. The standard InChI is InChI=1S/C17H23NO/c18-17(16-14-6-1-2-7-15(14)16)11-4-3-5-13(10-11)19-12-8-9-12/h3-5,10,12,14-17H,1-2,6-9,18H2. The molecule has 2 N–H and O–H groups in total. The zero-order valence-corrected chi connectivity index (χ0v) is 11.4. The number of ether oxygens (including phenoxy) is 1. The zero-order chi connectivity index (χ0) is 12.8. The summed E-state index contributed by atoms with van der Waals surface area (Å²) in [5.74, 6) is 3.58. The first-order valence-electron chi connectivity index (χ1n) is 7.85. The maximum Gasteiger partial charge on any atom is 0.120 e. The highest BCUT2D eigenvalue weighted by atomic mass is 16.5. The van der Waals surface area contributed by atoms with Gasteiger partial charge in [-0.05, 0) is 61.1 Å². The normalized spacial score (nSPS) is 34.5. The number of benzene rings is 1. The lowest BCUT2D eigenvalue weighted by molar-refractivity contribution is 0.302. The van der Waals surface area contributed by atoms with Crippen molar-refractivity contribution in [1.82, 2.24) is 0 Å². The lowest BCUT2D eigenvalue weighted by Gasteiger charge is -2.14. The van der Waals surface area contributed by atoms with Crippen molar-refractivity contribution >= 4 is 0 Å². The molecule has 3 aliphatic rings. The highest BCUT2D eigenvalue weighted by Gasteiger charge is 2.53. The van der Waals surface area contributed by atoms with Crippen LogP contribution in [0.1, 0.15) is 50.1 Å². The van der Waals surface area contributed by atoms with Crippen LogP contribution in [0.15, 0.2) is 24.3 Å². The molecule has 4 rings (SSSR count). The lowest BCUT2D eigenvalue weighted by atomic mass is 10.0. The van der Waals surface area contributed by atoms with Gasteiger partial charge in [-0.25, -0.2) is 0 Å². The number of hydrogen-bond acceptors (Lipinski definition) is 2. The molecule has 1 aromatic carbocycles. The summed E-state index contributed by atoms with van der Waals surface area (Å²) in [6, 6.07) is 8.73. The Morgan fingerprint density at radius 1 is 1.05 bits per heavy atom. The van der Waals surface area contributed by atoms with Gasteiger partial charge in [-0.15, -0.1) is 0 Å². The Morgan fingerprint density at radius 2 is 1.79 bits per heavy atom. The van der Waals surface area contributed by atoms with Crippen LogP contribution >= 0.6 is 0 Å². The number of fused-ring (bicyclic) bond motifs is 1. The van der Waals surface area contributed by atoms with Gasteiger partial charge in [-0.1, -0.05) is 25.0 Å². The van der Waals surface area contributed by atoms with Gasteiger partial charge in [0.05, 0.1) is 6.10 Å². The summed E-state index contributed by atoms with van der Waals surface area (Å²) < 4.78 is 5.88. The van der Waals surface area contributed by atoms with Gasteiger partial charge >= 0.3 is 0 Å². The van der Waals surface area contributed by atoms with Crippen molar-refractivity contribution < 1.29 is 4.74 Å². The number of nitrogens with two attached hydrogens (primary N) is 1. The van der Waals surface area contributed by atoms with Crippen LogP contribution in [-0.4, -0.2) is 6.10 Å². The van der Waals surface area contributed by atoms with E-state index in [1.165, 1.54) is 44.1 Å². The molecule has 3 unspecified atom stereocenters. The quantitative estimate of drug-likeness (QED) is 0.893. The molecule has 102 valence electrons. The molecule has 3 atom stereocenters. The average molecular weight is 257 g/mol. The Hall–Kier alpha value is -1.02. The topological polar surface area (TPSA) is 35.2 Å². The van der Waals surface area contributed by atoms with E-state index in [2.05, 4.69) is 24.3 Å². The van der Waals surface area contributed by atoms with Gasteiger partial charge < -0.3 is 10.5 Å². The van der Waals surface area contributed by atoms with Crippen molar-refractivity contribution in [2.75, 3.05) is 0 Å². The molecule has 0 aromatic heterocycles. The molecule has 3 fully saturated rings. The smallest absolute Gasteiger partial charge is 0.120 e. The summed E-state index contributed by atoms with van der Waals surface area (Å²) in [6.45, 7) is 0. The van der Waals surface area contributed by atoms with Crippen molar-refractivity contribution in [1.29, 1.82) is 0 Å². The predicted octanol–water partition coefficient (Wildman–Crippen LogP) is 3.66. The fourth-order valence-corrected chi connectivity index (χ4v) is 3.98. The van der Waals surface area contributed by atoms with Gasteiger partial charge in [0.15, 0.2) is 0 Å². The maximum atomic E-state index is 6.52. The number of hydrogen-bond donors (Lipinski definition) is 1. The molecule has 0 saturated heterocycles. The fraction of sp³-hybridized carbons (Fsp3) is 0.647. The van der Waals surface area contributed by atoms with Crippen molar-refractivity contribution in [2.24, 2.45) is 23.5 Å². The Balaban J connectivity index is 1.48. The van der Waals surface area contributed by atoms with E-state index in [1.54, 1.807) is 0 Å². The summed E-state index contributed by atoms with van der Waals surface area (Å²) in [6.07, 6.45) is 8.52. The Labute approximate surface area is 115 Å². The minimum Gasteiger partial charge on any atom is -0.490 e. The molecule has 0 bridgehead atoms. The maximum absolute atomic E-state index is 6.52. The number of rotatable bonds is 4. The van der Waals surface area contributed by atoms with Crippen LogP contribution in [-0.2, 0) is 0 Å². The van der Waals surface area contributed by atoms with Crippen LogP contribution < -0.4 is 10.5 Å². The van der Waals surface area contributed by atoms with Gasteiger partial charge in [-0.3, -0.25) is 0 Å². The second-order valence-corrected chi connectivity index (χ2v) is 6.60. The van der Waals surface area contributed by atoms with E-state index in [9.17, 15) is 0 Å². The van der Waals surface area contributed by atoms with Crippen LogP contribution in [0, 0.1) is 17.8 Å². The monoisotopic (exact) mass is 257 g/mol. The minimum absolute atomic E-state index is 0.218. The van der Waals surface area contributed by atoms with Crippen LogP contribution in [0.5, 0.6) is 5.75 Å². The van der Waals surface area contributed by atoms with Crippen molar-refractivity contribution in [3.63, 3.8) is 0 Å². The van der Waals surface area contributed by atoms with Crippen molar-refractivity contribution in [3.05, 3.63) is 29.8 Å². The molecule has 0 spiro atoms. The molecule has 0 radical (unpaired) electrons. The lowest BCUT2D eigenvalue weighted by Crippen LogP contribution is -2.14. The summed E-state index contributed by atoms with van der Waals surface area (Å²) in [5, 5.41) is 0. The molecule has 3 saturated carbocycles. The molecule has 2 nitrogen and oxygen atoms in total. The first kappa shape index (κ1) is 11.8. The van der Waals surface area contributed by atoms with Crippen molar-refractivity contribution in [3.8, 4) is 5.75 Å². The molecule has 0 amide bonds. The van der Waals surface area contributed by atoms with Crippen LogP contribution in [0.2, 0.25) is 0 Å².